The number of esters is 1. The first-order valence-electron chi connectivity index (χ1n) is 14.8. The summed E-state index contributed by atoms with van der Waals surface area (Å²) in [7, 11) is 0. The van der Waals surface area contributed by atoms with Gasteiger partial charge in [0.25, 0.3) is 0 Å². The minimum Gasteiger partial charge on any atom is -0.457 e. The summed E-state index contributed by atoms with van der Waals surface area (Å²) in [5.74, 6) is -0.566. The quantitative estimate of drug-likeness (QED) is 0.203. The first kappa shape index (κ1) is 32.0. The third-order valence-corrected chi connectivity index (χ3v) is 9.28. The van der Waals surface area contributed by atoms with Crippen LogP contribution in [0.2, 0.25) is 0 Å². The molecule has 1 heterocycles. The van der Waals surface area contributed by atoms with Gasteiger partial charge in [-0.15, -0.1) is 0 Å². The van der Waals surface area contributed by atoms with E-state index in [1.807, 2.05) is 30.3 Å². The van der Waals surface area contributed by atoms with Crippen LogP contribution in [0.1, 0.15) is 85.3 Å². The Morgan fingerprint density at radius 2 is 1.36 bits per heavy atom. The van der Waals surface area contributed by atoms with Gasteiger partial charge in [0.1, 0.15) is 11.9 Å². The monoisotopic (exact) mass is 621 g/mol. The van der Waals surface area contributed by atoms with Crippen LogP contribution in [0.3, 0.4) is 0 Å². The van der Waals surface area contributed by atoms with Crippen molar-refractivity contribution in [1.29, 1.82) is 0 Å². The summed E-state index contributed by atoms with van der Waals surface area (Å²) in [6.07, 6.45) is -7.25. The van der Waals surface area contributed by atoms with Crippen LogP contribution in [0.25, 0.3) is 0 Å². The Balaban J connectivity index is 1.31. The van der Waals surface area contributed by atoms with Gasteiger partial charge in [0.15, 0.2) is 0 Å². The Morgan fingerprint density at radius 3 is 1.89 bits per heavy atom. The number of nitrogens with zero attached hydrogens (tertiary/aromatic N) is 1. The molecule has 2 fully saturated rings. The van der Waals surface area contributed by atoms with Gasteiger partial charge in [0.05, 0.1) is 16.5 Å². The van der Waals surface area contributed by atoms with E-state index < -0.39 is 41.0 Å². The number of halogens is 7. The van der Waals surface area contributed by atoms with E-state index in [1.165, 1.54) is 19.1 Å². The van der Waals surface area contributed by atoms with Crippen molar-refractivity contribution in [3.05, 3.63) is 106 Å². The van der Waals surface area contributed by atoms with Gasteiger partial charge in [-0.25, -0.2) is 4.39 Å². The van der Waals surface area contributed by atoms with Crippen LogP contribution in [0.5, 0.6) is 0 Å². The first-order chi connectivity index (χ1) is 20.8. The molecule has 44 heavy (non-hydrogen) atoms. The molecule has 236 valence electrons. The molecule has 1 aliphatic carbocycles. The molecule has 1 atom stereocenters. The van der Waals surface area contributed by atoms with Crippen molar-refractivity contribution in [1.82, 2.24) is 4.90 Å². The minimum atomic E-state index is -5.00. The second-order valence-electron chi connectivity index (χ2n) is 11.9. The van der Waals surface area contributed by atoms with Crippen LogP contribution in [0.4, 0.5) is 30.7 Å². The van der Waals surface area contributed by atoms with E-state index in [9.17, 15) is 35.5 Å². The lowest BCUT2D eigenvalue weighted by atomic mass is 9.67. The standard InChI is InChI=1S/C34H34F7NO2/c1-22(25-19-27(33(36,37)38)21-28(20-25)34(39,40)41)44-31(43)32(26-5-3-2-4-6-26)15-11-30(12-16-32)42-17-13-24(14-18-42)23-7-9-29(35)10-8-23/h2-10,19-22,24,30H,11-18H2,1H3/t22-,30?,32?/m1/s1. The zero-order valence-corrected chi connectivity index (χ0v) is 24.2. The van der Waals surface area contributed by atoms with E-state index in [0.717, 1.165) is 31.5 Å². The zero-order chi connectivity index (χ0) is 31.7. The van der Waals surface area contributed by atoms with Gasteiger partial charge in [-0.3, -0.25) is 4.79 Å². The molecule has 1 aliphatic heterocycles. The first-order valence-corrected chi connectivity index (χ1v) is 14.8. The largest absolute Gasteiger partial charge is 0.457 e. The minimum absolute atomic E-state index is 0.0627. The van der Waals surface area contributed by atoms with Crippen molar-refractivity contribution in [2.24, 2.45) is 0 Å². The van der Waals surface area contributed by atoms with E-state index in [-0.39, 0.29) is 23.5 Å². The molecular weight excluding hydrogens is 587 g/mol. The van der Waals surface area contributed by atoms with Crippen LogP contribution in [0.15, 0.2) is 72.8 Å². The molecule has 3 aromatic carbocycles. The number of rotatable bonds is 6. The molecule has 0 unspecified atom stereocenters. The molecule has 2 aliphatic rings. The predicted octanol–water partition coefficient (Wildman–Crippen LogP) is 9.23. The van der Waals surface area contributed by atoms with Gasteiger partial charge in [-0.2, -0.15) is 26.3 Å². The number of carbonyl (C=O) groups is 1. The van der Waals surface area contributed by atoms with E-state index in [0.29, 0.717) is 49.3 Å². The summed E-state index contributed by atoms with van der Waals surface area (Å²) in [4.78, 5) is 16.3. The molecule has 0 radical (unpaired) electrons. The van der Waals surface area contributed by atoms with Gasteiger partial charge >= 0.3 is 18.3 Å². The van der Waals surface area contributed by atoms with Crippen molar-refractivity contribution in [2.45, 2.75) is 81.3 Å². The fraction of sp³-hybridized carbons (Fsp3) is 0.441. The van der Waals surface area contributed by atoms with Gasteiger partial charge in [-0.05, 0) is 111 Å². The normalized spacial score (nSPS) is 22.9. The molecule has 0 N–H and O–H groups in total. The predicted molar refractivity (Wildman–Crippen MR) is 151 cm³/mol. The van der Waals surface area contributed by atoms with E-state index in [1.54, 1.807) is 12.1 Å². The fourth-order valence-corrected chi connectivity index (χ4v) is 6.72. The summed E-state index contributed by atoms with van der Waals surface area (Å²) < 4.78 is 99.8. The van der Waals surface area contributed by atoms with Crippen LogP contribution in [0, 0.1) is 5.82 Å². The molecule has 1 saturated carbocycles. The van der Waals surface area contributed by atoms with Crippen molar-refractivity contribution < 1.29 is 40.3 Å². The highest BCUT2D eigenvalue weighted by molar-refractivity contribution is 5.83. The molecule has 3 aromatic rings. The molecule has 0 spiro atoms. The van der Waals surface area contributed by atoms with Crippen LogP contribution in [-0.4, -0.2) is 30.0 Å². The average Bonchev–Trinajstić information content (AvgIpc) is 3.01. The Bertz CT molecular complexity index is 1390. The Labute approximate surface area is 252 Å². The third-order valence-electron chi connectivity index (χ3n) is 9.28. The number of carbonyl (C=O) groups excluding carboxylic acids is 1. The van der Waals surface area contributed by atoms with E-state index in [4.69, 9.17) is 4.74 Å². The lowest BCUT2D eigenvalue weighted by molar-refractivity contribution is -0.158. The maximum absolute atomic E-state index is 13.9. The Kier molecular flexibility index (Phi) is 9.12. The highest BCUT2D eigenvalue weighted by atomic mass is 19.4. The smallest absolute Gasteiger partial charge is 0.416 e. The van der Waals surface area contributed by atoms with Crippen molar-refractivity contribution in [3.8, 4) is 0 Å². The second-order valence-corrected chi connectivity index (χ2v) is 11.9. The zero-order valence-electron chi connectivity index (χ0n) is 24.2. The number of hydrogen-bond donors (Lipinski definition) is 0. The van der Waals surface area contributed by atoms with E-state index >= 15 is 0 Å². The highest BCUT2D eigenvalue weighted by Crippen LogP contribution is 2.44. The topological polar surface area (TPSA) is 29.5 Å². The molecule has 1 saturated heterocycles. The summed E-state index contributed by atoms with van der Waals surface area (Å²) in [6, 6.07) is 17.2. The number of piperidine rings is 1. The number of benzene rings is 3. The highest BCUT2D eigenvalue weighted by Gasteiger charge is 2.46. The fourth-order valence-electron chi connectivity index (χ4n) is 6.72. The summed E-state index contributed by atoms with van der Waals surface area (Å²) in [5.41, 5.74) is -2.52. The molecular formula is C34H34F7NO2. The Morgan fingerprint density at radius 1 is 0.818 bits per heavy atom. The Hall–Kier alpha value is -3.40. The van der Waals surface area contributed by atoms with Crippen molar-refractivity contribution in [3.63, 3.8) is 0 Å². The second kappa shape index (κ2) is 12.5. The third kappa shape index (κ3) is 6.95. The molecule has 5 rings (SSSR count). The van der Waals surface area contributed by atoms with Gasteiger partial charge in [-0.1, -0.05) is 42.5 Å². The number of ether oxygens (including phenoxy) is 1. The number of alkyl halides is 6. The molecule has 0 aromatic heterocycles. The van der Waals surface area contributed by atoms with Gasteiger partial charge in [0, 0.05) is 6.04 Å². The number of hydrogen-bond acceptors (Lipinski definition) is 3. The summed E-state index contributed by atoms with van der Waals surface area (Å²) >= 11 is 0. The SMILES string of the molecule is C[C@@H](OC(=O)C1(c2ccccc2)CCC(N2CCC(c3ccc(F)cc3)CC2)CC1)c1cc(C(F)(F)F)cc(C(F)(F)F)c1. The van der Waals surface area contributed by atoms with Crippen LogP contribution < -0.4 is 0 Å². The van der Waals surface area contributed by atoms with E-state index in [2.05, 4.69) is 4.90 Å². The van der Waals surface area contributed by atoms with Crippen LogP contribution >= 0.6 is 0 Å². The van der Waals surface area contributed by atoms with Crippen molar-refractivity contribution >= 4 is 5.97 Å². The average molecular weight is 622 g/mol. The number of likely N-dealkylation sites (tertiary alicyclic amines) is 1. The molecule has 10 heteroatoms. The molecule has 3 nitrogen and oxygen atoms in total. The summed E-state index contributed by atoms with van der Waals surface area (Å²) in [6.45, 7) is 3.02. The lowest BCUT2D eigenvalue weighted by Gasteiger charge is -2.44. The summed E-state index contributed by atoms with van der Waals surface area (Å²) in [5, 5.41) is 0. The van der Waals surface area contributed by atoms with Crippen molar-refractivity contribution in [2.75, 3.05) is 13.1 Å². The maximum atomic E-state index is 13.9. The van der Waals surface area contributed by atoms with Gasteiger partial charge < -0.3 is 9.64 Å². The molecule has 0 bridgehead atoms. The van der Waals surface area contributed by atoms with Gasteiger partial charge in [0.2, 0.25) is 0 Å². The molecule has 0 amide bonds. The maximum Gasteiger partial charge on any atom is 0.416 e. The lowest BCUT2D eigenvalue weighted by Crippen LogP contribution is -2.48. The van der Waals surface area contributed by atoms with Crippen LogP contribution in [-0.2, 0) is 27.3 Å².